The highest BCUT2D eigenvalue weighted by atomic mass is 32.2. The molecule has 6 nitrogen and oxygen atoms in total. The fourth-order valence-electron chi connectivity index (χ4n) is 1.75. The predicted molar refractivity (Wildman–Crippen MR) is 71.0 cm³/mol. The summed E-state index contributed by atoms with van der Waals surface area (Å²) in [6.07, 6.45) is 5.56. The van der Waals surface area contributed by atoms with Gasteiger partial charge in [0.1, 0.15) is 9.84 Å². The van der Waals surface area contributed by atoms with E-state index in [4.69, 9.17) is 0 Å². The van der Waals surface area contributed by atoms with E-state index >= 15 is 0 Å². The number of nitrogens with zero attached hydrogens (tertiary/aromatic N) is 3. The maximum Gasteiger partial charge on any atom is 0.147 e. The van der Waals surface area contributed by atoms with Crippen molar-refractivity contribution in [3.8, 4) is 0 Å². The molecule has 1 rings (SSSR count). The van der Waals surface area contributed by atoms with Gasteiger partial charge in [-0.2, -0.15) is 0 Å². The first-order valence-electron chi connectivity index (χ1n) is 6.19. The smallest absolute Gasteiger partial charge is 0.147 e. The lowest BCUT2D eigenvalue weighted by molar-refractivity contribution is 0.482. The van der Waals surface area contributed by atoms with Crippen LogP contribution in [0.25, 0.3) is 0 Å². The highest BCUT2D eigenvalue weighted by Gasteiger charge is 2.15. The van der Waals surface area contributed by atoms with Crippen molar-refractivity contribution in [3.63, 3.8) is 0 Å². The highest BCUT2D eigenvalue weighted by Crippen LogP contribution is 2.16. The summed E-state index contributed by atoms with van der Waals surface area (Å²) in [7, 11) is -1.06. The molecule has 0 radical (unpaired) electrons. The molecule has 1 aromatic heterocycles. The predicted octanol–water partition coefficient (Wildman–Crippen LogP) is 0.681. The molecule has 1 atom stereocenters. The zero-order valence-electron chi connectivity index (χ0n) is 11.3. The molecule has 0 amide bonds. The lowest BCUT2D eigenvalue weighted by Crippen LogP contribution is -2.23. The van der Waals surface area contributed by atoms with E-state index in [-0.39, 0.29) is 11.8 Å². The number of rotatable bonds is 8. The fourth-order valence-corrected chi connectivity index (χ4v) is 2.44. The van der Waals surface area contributed by atoms with Crippen molar-refractivity contribution in [2.45, 2.75) is 32.2 Å². The molecule has 1 N–H and O–H groups in total. The largest absolute Gasteiger partial charge is 0.309 e. The summed E-state index contributed by atoms with van der Waals surface area (Å²) in [4.78, 5) is 0. The van der Waals surface area contributed by atoms with E-state index in [1.807, 2.05) is 13.2 Å². The van der Waals surface area contributed by atoms with E-state index in [0.717, 1.165) is 25.1 Å². The monoisotopic (exact) mass is 274 g/mol. The van der Waals surface area contributed by atoms with Crippen molar-refractivity contribution in [1.82, 2.24) is 20.3 Å². The number of aromatic nitrogens is 3. The van der Waals surface area contributed by atoms with Crippen molar-refractivity contribution in [2.24, 2.45) is 7.05 Å². The van der Waals surface area contributed by atoms with Crippen molar-refractivity contribution >= 4 is 9.84 Å². The molecule has 0 aliphatic carbocycles. The second kappa shape index (κ2) is 6.84. The lowest BCUT2D eigenvalue weighted by Gasteiger charge is -2.15. The van der Waals surface area contributed by atoms with E-state index in [9.17, 15) is 8.42 Å². The van der Waals surface area contributed by atoms with Crippen molar-refractivity contribution < 1.29 is 8.42 Å². The normalized spacial score (nSPS) is 13.7. The fraction of sp³-hybridized carbons (Fsp3) is 0.818. The van der Waals surface area contributed by atoms with Crippen LogP contribution in [0.3, 0.4) is 0 Å². The molecule has 1 unspecified atom stereocenters. The molecule has 1 aromatic rings. The maximum absolute atomic E-state index is 11.1. The van der Waals surface area contributed by atoms with Gasteiger partial charge in [-0.3, -0.25) is 4.68 Å². The van der Waals surface area contributed by atoms with Crippen LogP contribution in [0.15, 0.2) is 6.20 Å². The maximum atomic E-state index is 11.1. The van der Waals surface area contributed by atoms with Crippen LogP contribution in [0.2, 0.25) is 0 Å². The van der Waals surface area contributed by atoms with E-state index in [1.165, 1.54) is 6.26 Å². The third-order valence-electron chi connectivity index (χ3n) is 2.63. The van der Waals surface area contributed by atoms with Gasteiger partial charge in [-0.1, -0.05) is 12.1 Å². The van der Waals surface area contributed by atoms with E-state index in [0.29, 0.717) is 6.42 Å². The molecule has 0 bridgehead atoms. The van der Waals surface area contributed by atoms with E-state index in [2.05, 4.69) is 22.6 Å². The first kappa shape index (κ1) is 15.1. The molecule has 0 fully saturated rings. The lowest BCUT2D eigenvalue weighted by atomic mass is 10.1. The standard InChI is InChI=1S/C11H22N4O2S/c1-4-7-12-10(6-5-8-18(3,16)17)11-9-15(2)14-13-11/h9-10,12H,4-8H2,1-3H3. The Balaban J connectivity index is 2.56. The van der Waals surface area contributed by atoms with Crippen LogP contribution >= 0.6 is 0 Å². The van der Waals surface area contributed by atoms with Gasteiger partial charge < -0.3 is 5.32 Å². The zero-order chi connectivity index (χ0) is 13.6. The first-order chi connectivity index (χ1) is 8.42. The summed E-state index contributed by atoms with van der Waals surface area (Å²) < 4.78 is 23.9. The van der Waals surface area contributed by atoms with Crippen LogP contribution in [-0.2, 0) is 16.9 Å². The van der Waals surface area contributed by atoms with Gasteiger partial charge in [-0.15, -0.1) is 5.10 Å². The van der Waals surface area contributed by atoms with Crippen LogP contribution in [-0.4, -0.2) is 42.0 Å². The zero-order valence-corrected chi connectivity index (χ0v) is 12.1. The van der Waals surface area contributed by atoms with Gasteiger partial charge >= 0.3 is 0 Å². The minimum absolute atomic E-state index is 0.0837. The van der Waals surface area contributed by atoms with Gasteiger partial charge in [0, 0.05) is 25.3 Å². The highest BCUT2D eigenvalue weighted by molar-refractivity contribution is 7.90. The Morgan fingerprint density at radius 3 is 2.72 bits per heavy atom. The van der Waals surface area contributed by atoms with Gasteiger partial charge in [-0.25, -0.2) is 8.42 Å². The topological polar surface area (TPSA) is 76.9 Å². The average Bonchev–Trinajstić information content (AvgIpc) is 2.68. The molecule has 0 saturated carbocycles. The number of aryl methyl sites for hydroxylation is 1. The number of hydrogen-bond acceptors (Lipinski definition) is 5. The molecule has 7 heteroatoms. The molecule has 0 saturated heterocycles. The molecular weight excluding hydrogens is 252 g/mol. The molecular formula is C11H22N4O2S. The number of nitrogens with one attached hydrogen (secondary N) is 1. The van der Waals surface area contributed by atoms with Crippen LogP contribution in [0.4, 0.5) is 0 Å². The Labute approximate surface area is 109 Å². The average molecular weight is 274 g/mol. The second-order valence-corrected chi connectivity index (χ2v) is 6.86. The summed E-state index contributed by atoms with van der Waals surface area (Å²) in [5.74, 6) is 0.220. The van der Waals surface area contributed by atoms with Gasteiger partial charge in [0.15, 0.2) is 0 Å². The second-order valence-electron chi connectivity index (χ2n) is 4.60. The summed E-state index contributed by atoms with van der Waals surface area (Å²) >= 11 is 0. The molecule has 1 heterocycles. The van der Waals surface area contributed by atoms with Crippen molar-refractivity contribution in [2.75, 3.05) is 18.6 Å². The quantitative estimate of drug-likeness (QED) is 0.754. The Hall–Kier alpha value is -0.950. The van der Waals surface area contributed by atoms with Crippen LogP contribution in [0, 0.1) is 0 Å². The van der Waals surface area contributed by atoms with E-state index in [1.54, 1.807) is 4.68 Å². The minimum atomic E-state index is -2.89. The van der Waals surface area contributed by atoms with Crippen molar-refractivity contribution in [3.05, 3.63) is 11.9 Å². The molecule has 104 valence electrons. The van der Waals surface area contributed by atoms with Gasteiger partial charge in [0.05, 0.1) is 11.7 Å². The minimum Gasteiger partial charge on any atom is -0.309 e. The SMILES string of the molecule is CCCNC(CCCS(C)(=O)=O)c1cn(C)nn1. The molecule has 0 aliphatic rings. The van der Waals surface area contributed by atoms with E-state index < -0.39 is 9.84 Å². The first-order valence-corrected chi connectivity index (χ1v) is 8.25. The Bertz CT molecular complexity index is 455. The Morgan fingerprint density at radius 1 is 1.50 bits per heavy atom. The Kier molecular flexibility index (Phi) is 5.74. The van der Waals surface area contributed by atoms with Crippen LogP contribution < -0.4 is 5.32 Å². The third kappa shape index (κ3) is 5.59. The summed E-state index contributed by atoms with van der Waals surface area (Å²) in [6.45, 7) is 2.98. The summed E-state index contributed by atoms with van der Waals surface area (Å²) in [5, 5.41) is 11.4. The summed E-state index contributed by atoms with van der Waals surface area (Å²) in [6, 6.07) is 0.0837. The van der Waals surface area contributed by atoms with Gasteiger partial charge in [-0.05, 0) is 25.8 Å². The third-order valence-corrected chi connectivity index (χ3v) is 3.66. The van der Waals surface area contributed by atoms with Gasteiger partial charge in [0.2, 0.25) is 0 Å². The molecule has 0 aliphatic heterocycles. The Morgan fingerprint density at radius 2 is 2.22 bits per heavy atom. The van der Waals surface area contributed by atoms with Crippen LogP contribution in [0.1, 0.15) is 37.9 Å². The molecule has 18 heavy (non-hydrogen) atoms. The molecule has 0 aromatic carbocycles. The number of hydrogen-bond donors (Lipinski definition) is 1. The molecule has 0 spiro atoms. The van der Waals surface area contributed by atoms with Crippen LogP contribution in [0.5, 0.6) is 0 Å². The summed E-state index contributed by atoms with van der Waals surface area (Å²) in [5.41, 5.74) is 0.874. The number of sulfone groups is 1. The van der Waals surface area contributed by atoms with Crippen molar-refractivity contribution in [1.29, 1.82) is 0 Å². The van der Waals surface area contributed by atoms with Gasteiger partial charge in [0.25, 0.3) is 0 Å².